The van der Waals surface area contributed by atoms with Gasteiger partial charge in [-0.25, -0.2) is 0 Å². The van der Waals surface area contributed by atoms with Crippen LogP contribution < -0.4 is 0 Å². The fraction of sp³-hybridized carbons (Fsp3) is 0.250. The van der Waals surface area contributed by atoms with Gasteiger partial charge in [-0.1, -0.05) is 37.2 Å². The first kappa shape index (κ1) is 12.0. The Labute approximate surface area is 96.5 Å². The minimum absolute atomic E-state index is 0.465. The standard InChI is InChI=1S/C12H13ClOSi/c1-15(2,3)7-6-10-4-5-11(9-14)12(13)8-10/h4-5,8-9H,1-3H3. The lowest BCUT2D eigenvalue weighted by atomic mass is 10.1. The molecule has 0 amide bonds. The summed E-state index contributed by atoms with van der Waals surface area (Å²) in [5, 5.41) is 0.465. The van der Waals surface area contributed by atoms with Crippen molar-refractivity contribution in [1.29, 1.82) is 0 Å². The van der Waals surface area contributed by atoms with Crippen molar-refractivity contribution in [2.24, 2.45) is 0 Å². The summed E-state index contributed by atoms with van der Waals surface area (Å²) in [4.78, 5) is 10.5. The van der Waals surface area contributed by atoms with Crippen molar-refractivity contribution in [3.05, 3.63) is 34.3 Å². The molecule has 0 aliphatic carbocycles. The first-order valence-electron chi connectivity index (χ1n) is 4.70. The minimum atomic E-state index is -1.35. The molecule has 0 heterocycles. The van der Waals surface area contributed by atoms with Crippen molar-refractivity contribution in [1.82, 2.24) is 0 Å². The smallest absolute Gasteiger partial charge is 0.151 e. The number of aldehydes is 1. The molecule has 0 atom stereocenters. The van der Waals surface area contributed by atoms with Crippen molar-refractivity contribution < 1.29 is 4.79 Å². The molecule has 0 N–H and O–H groups in total. The number of halogens is 1. The van der Waals surface area contributed by atoms with Crippen LogP contribution in [0.15, 0.2) is 18.2 Å². The lowest BCUT2D eigenvalue weighted by Gasteiger charge is -2.03. The second-order valence-corrected chi connectivity index (χ2v) is 9.51. The van der Waals surface area contributed by atoms with Gasteiger partial charge in [0.05, 0.1) is 5.02 Å². The number of rotatable bonds is 1. The molecule has 0 saturated heterocycles. The highest BCUT2D eigenvalue weighted by molar-refractivity contribution is 6.83. The van der Waals surface area contributed by atoms with E-state index in [2.05, 4.69) is 31.1 Å². The van der Waals surface area contributed by atoms with E-state index < -0.39 is 8.07 Å². The third kappa shape index (κ3) is 3.91. The maximum absolute atomic E-state index is 10.5. The van der Waals surface area contributed by atoms with Crippen molar-refractivity contribution in [2.75, 3.05) is 0 Å². The zero-order valence-electron chi connectivity index (χ0n) is 9.10. The van der Waals surface area contributed by atoms with Gasteiger partial charge >= 0.3 is 0 Å². The van der Waals surface area contributed by atoms with E-state index in [0.29, 0.717) is 10.6 Å². The number of carbonyl (C=O) groups is 1. The van der Waals surface area contributed by atoms with Crippen LogP contribution in [0.1, 0.15) is 15.9 Å². The van der Waals surface area contributed by atoms with Crippen LogP contribution in [0.4, 0.5) is 0 Å². The van der Waals surface area contributed by atoms with E-state index in [9.17, 15) is 4.79 Å². The number of benzene rings is 1. The average molecular weight is 237 g/mol. The molecule has 15 heavy (non-hydrogen) atoms. The fourth-order valence-corrected chi connectivity index (χ4v) is 1.70. The van der Waals surface area contributed by atoms with Gasteiger partial charge < -0.3 is 0 Å². The quantitative estimate of drug-likeness (QED) is 0.415. The first-order chi connectivity index (χ1) is 6.92. The normalized spacial score (nSPS) is 10.4. The molecular weight excluding hydrogens is 224 g/mol. The predicted molar refractivity (Wildman–Crippen MR) is 67.1 cm³/mol. The topological polar surface area (TPSA) is 17.1 Å². The summed E-state index contributed by atoms with van der Waals surface area (Å²) in [5.41, 5.74) is 4.62. The van der Waals surface area contributed by atoms with Crippen LogP contribution in [-0.4, -0.2) is 14.4 Å². The summed E-state index contributed by atoms with van der Waals surface area (Å²) in [6, 6.07) is 5.25. The van der Waals surface area contributed by atoms with Gasteiger partial charge in [-0.2, -0.15) is 0 Å². The molecule has 0 aliphatic rings. The van der Waals surface area contributed by atoms with Crippen LogP contribution in [0, 0.1) is 11.5 Å². The maximum atomic E-state index is 10.5. The molecule has 78 valence electrons. The van der Waals surface area contributed by atoms with Crippen LogP contribution in [-0.2, 0) is 0 Å². The third-order valence-corrected chi connectivity index (χ3v) is 2.91. The Hall–Kier alpha value is -1.04. The van der Waals surface area contributed by atoms with Crippen molar-refractivity contribution in [2.45, 2.75) is 19.6 Å². The van der Waals surface area contributed by atoms with Gasteiger partial charge in [0.2, 0.25) is 0 Å². The second-order valence-electron chi connectivity index (χ2n) is 4.35. The largest absolute Gasteiger partial charge is 0.298 e. The Morgan fingerprint density at radius 3 is 2.47 bits per heavy atom. The van der Waals surface area contributed by atoms with Gasteiger partial charge in [-0.3, -0.25) is 4.79 Å². The maximum Gasteiger partial charge on any atom is 0.151 e. The molecule has 0 saturated carbocycles. The summed E-state index contributed by atoms with van der Waals surface area (Å²) in [5.74, 6) is 3.09. The van der Waals surface area contributed by atoms with Crippen LogP contribution in [0.2, 0.25) is 24.7 Å². The van der Waals surface area contributed by atoms with Crippen LogP contribution >= 0.6 is 11.6 Å². The molecule has 1 aromatic carbocycles. The fourth-order valence-electron chi connectivity index (χ4n) is 0.960. The van der Waals surface area contributed by atoms with Gasteiger partial charge in [-0.15, -0.1) is 5.54 Å². The van der Waals surface area contributed by atoms with E-state index in [1.54, 1.807) is 12.1 Å². The molecule has 0 aromatic heterocycles. The SMILES string of the molecule is C[Si](C)(C)C#Cc1ccc(C=O)c(Cl)c1. The molecule has 1 rings (SSSR count). The molecule has 0 fully saturated rings. The van der Waals surface area contributed by atoms with E-state index >= 15 is 0 Å². The van der Waals surface area contributed by atoms with Crippen LogP contribution in [0.5, 0.6) is 0 Å². The summed E-state index contributed by atoms with van der Waals surface area (Å²) >= 11 is 5.89. The van der Waals surface area contributed by atoms with E-state index in [4.69, 9.17) is 11.6 Å². The lowest BCUT2D eigenvalue weighted by molar-refractivity contribution is 0.112. The van der Waals surface area contributed by atoms with E-state index in [1.165, 1.54) is 0 Å². The van der Waals surface area contributed by atoms with Crippen molar-refractivity contribution in [3.8, 4) is 11.5 Å². The Morgan fingerprint density at radius 2 is 2.00 bits per heavy atom. The van der Waals surface area contributed by atoms with E-state index in [-0.39, 0.29) is 0 Å². The third-order valence-electron chi connectivity index (χ3n) is 1.71. The minimum Gasteiger partial charge on any atom is -0.298 e. The van der Waals surface area contributed by atoms with Gasteiger partial charge in [0.15, 0.2) is 6.29 Å². The summed E-state index contributed by atoms with van der Waals surface area (Å²) in [6.45, 7) is 6.55. The Balaban J connectivity index is 3.02. The Morgan fingerprint density at radius 1 is 1.33 bits per heavy atom. The van der Waals surface area contributed by atoms with Crippen molar-refractivity contribution >= 4 is 26.0 Å². The van der Waals surface area contributed by atoms with Gasteiger partial charge in [-0.05, 0) is 18.2 Å². The summed E-state index contributed by atoms with van der Waals surface area (Å²) in [7, 11) is -1.35. The zero-order chi connectivity index (χ0) is 11.5. The molecule has 0 radical (unpaired) electrons. The predicted octanol–water partition coefficient (Wildman–Crippen LogP) is 3.38. The van der Waals surface area contributed by atoms with Gasteiger partial charge in [0.25, 0.3) is 0 Å². The van der Waals surface area contributed by atoms with E-state index in [1.807, 2.05) is 6.07 Å². The number of hydrogen-bond donors (Lipinski definition) is 0. The lowest BCUT2D eigenvalue weighted by Crippen LogP contribution is -2.16. The van der Waals surface area contributed by atoms with E-state index in [0.717, 1.165) is 11.8 Å². The Bertz CT molecular complexity index is 435. The molecular formula is C12H13ClOSi. The molecule has 1 aromatic rings. The first-order valence-corrected chi connectivity index (χ1v) is 8.58. The highest BCUT2D eigenvalue weighted by atomic mass is 35.5. The summed E-state index contributed by atoms with van der Waals surface area (Å²) in [6.07, 6.45) is 0.748. The molecule has 0 unspecified atom stereocenters. The second kappa shape index (κ2) is 4.65. The Kier molecular flexibility index (Phi) is 3.73. The average Bonchev–Trinajstić information content (AvgIpc) is 2.14. The molecule has 3 heteroatoms. The van der Waals surface area contributed by atoms with Crippen molar-refractivity contribution in [3.63, 3.8) is 0 Å². The van der Waals surface area contributed by atoms with Crippen LogP contribution in [0.3, 0.4) is 0 Å². The summed E-state index contributed by atoms with van der Waals surface area (Å²) < 4.78 is 0. The van der Waals surface area contributed by atoms with Gasteiger partial charge in [0.1, 0.15) is 8.07 Å². The monoisotopic (exact) mass is 236 g/mol. The molecule has 0 bridgehead atoms. The molecule has 0 spiro atoms. The molecule has 0 aliphatic heterocycles. The molecule has 1 nitrogen and oxygen atoms in total. The highest BCUT2D eigenvalue weighted by Gasteiger charge is 2.07. The zero-order valence-corrected chi connectivity index (χ0v) is 10.9. The van der Waals surface area contributed by atoms with Crippen LogP contribution in [0.25, 0.3) is 0 Å². The van der Waals surface area contributed by atoms with Gasteiger partial charge in [0, 0.05) is 11.1 Å². The number of hydrogen-bond acceptors (Lipinski definition) is 1. The number of carbonyl (C=O) groups excluding carboxylic acids is 1. The highest BCUT2D eigenvalue weighted by Crippen LogP contribution is 2.15.